The Morgan fingerprint density at radius 3 is 2.68 bits per heavy atom. The van der Waals surface area contributed by atoms with Gasteiger partial charge in [-0.1, -0.05) is 13.0 Å². The van der Waals surface area contributed by atoms with Crippen LogP contribution in [0.5, 0.6) is 0 Å². The molecule has 0 amide bonds. The second-order valence-corrected chi connectivity index (χ2v) is 5.77. The van der Waals surface area contributed by atoms with E-state index >= 15 is 0 Å². The zero-order valence-electron chi connectivity index (χ0n) is 11.2. The van der Waals surface area contributed by atoms with E-state index in [-0.39, 0.29) is 4.90 Å². The normalized spacial score (nSPS) is 11.5. The number of benzene rings is 1. The van der Waals surface area contributed by atoms with Crippen LogP contribution in [0, 0.1) is 11.3 Å². The van der Waals surface area contributed by atoms with Crippen LogP contribution in [0.3, 0.4) is 0 Å². The average molecular weight is 282 g/mol. The topological polar surface area (TPSA) is 70.4 Å². The number of nitriles is 1. The van der Waals surface area contributed by atoms with Crippen molar-refractivity contribution in [1.29, 1.82) is 5.26 Å². The lowest BCUT2D eigenvalue weighted by Gasteiger charge is -2.20. The molecule has 6 heteroatoms. The lowest BCUT2D eigenvalue weighted by Crippen LogP contribution is -2.34. The van der Waals surface area contributed by atoms with E-state index in [1.807, 2.05) is 13.0 Å². The van der Waals surface area contributed by atoms with Crippen molar-refractivity contribution in [2.45, 2.75) is 18.7 Å². The van der Waals surface area contributed by atoms with Crippen molar-refractivity contribution in [2.75, 3.05) is 26.3 Å². The van der Waals surface area contributed by atoms with E-state index in [0.717, 1.165) is 0 Å². The molecule has 0 fully saturated rings. The van der Waals surface area contributed by atoms with E-state index in [1.54, 1.807) is 19.1 Å². The maximum atomic E-state index is 12.4. The summed E-state index contributed by atoms with van der Waals surface area (Å²) in [5.41, 5.74) is 0.335. The lowest BCUT2D eigenvalue weighted by atomic mass is 10.2. The van der Waals surface area contributed by atoms with Gasteiger partial charge < -0.3 is 4.74 Å². The van der Waals surface area contributed by atoms with Crippen molar-refractivity contribution in [3.8, 4) is 6.07 Å². The molecule has 1 aromatic carbocycles. The molecule has 104 valence electrons. The summed E-state index contributed by atoms with van der Waals surface area (Å²) in [5.74, 6) is 0. The summed E-state index contributed by atoms with van der Waals surface area (Å²) >= 11 is 0. The molecule has 0 spiro atoms. The highest BCUT2D eigenvalue weighted by Gasteiger charge is 2.22. The Bertz CT molecular complexity index is 549. The Hall–Kier alpha value is -1.42. The highest BCUT2D eigenvalue weighted by molar-refractivity contribution is 7.89. The zero-order chi connectivity index (χ0) is 14.3. The summed E-state index contributed by atoms with van der Waals surface area (Å²) in [6.45, 7) is 5.23. The molecule has 0 heterocycles. The third-order valence-electron chi connectivity index (χ3n) is 2.64. The maximum absolute atomic E-state index is 12.4. The van der Waals surface area contributed by atoms with Crippen LogP contribution < -0.4 is 0 Å². The Morgan fingerprint density at radius 1 is 1.37 bits per heavy atom. The monoisotopic (exact) mass is 282 g/mol. The first-order valence-corrected chi connectivity index (χ1v) is 7.58. The quantitative estimate of drug-likeness (QED) is 0.712. The molecule has 1 rings (SSSR count). The third-order valence-corrected chi connectivity index (χ3v) is 4.61. The molecule has 0 saturated heterocycles. The Balaban J connectivity index is 2.96. The number of ether oxygens (including phenoxy) is 1. The second kappa shape index (κ2) is 7.24. The van der Waals surface area contributed by atoms with Gasteiger partial charge in [-0.3, -0.25) is 0 Å². The van der Waals surface area contributed by atoms with Gasteiger partial charge in [-0.25, -0.2) is 8.42 Å². The smallest absolute Gasteiger partial charge is 0.243 e. The van der Waals surface area contributed by atoms with Gasteiger partial charge in [0.05, 0.1) is 23.1 Å². The molecule has 0 radical (unpaired) electrons. The van der Waals surface area contributed by atoms with Gasteiger partial charge in [0.15, 0.2) is 0 Å². The predicted octanol–water partition coefficient (Wildman–Crippen LogP) is 1.61. The average Bonchev–Trinajstić information content (AvgIpc) is 2.43. The minimum absolute atomic E-state index is 0.143. The van der Waals surface area contributed by atoms with Gasteiger partial charge in [0.25, 0.3) is 0 Å². The SMILES string of the molecule is CCOCCN(CC)S(=O)(=O)c1cccc(C#N)c1. The summed E-state index contributed by atoms with van der Waals surface area (Å²) in [7, 11) is -3.56. The Labute approximate surface area is 114 Å². The highest BCUT2D eigenvalue weighted by atomic mass is 32.2. The van der Waals surface area contributed by atoms with E-state index in [2.05, 4.69) is 0 Å². The van der Waals surface area contributed by atoms with E-state index in [0.29, 0.717) is 31.9 Å². The highest BCUT2D eigenvalue weighted by Crippen LogP contribution is 2.16. The standard InChI is InChI=1S/C13H18N2O3S/c1-3-15(8-9-18-4-2)19(16,17)13-7-5-6-12(10-13)11-14/h5-7,10H,3-4,8-9H2,1-2H3. The molecule has 19 heavy (non-hydrogen) atoms. The molecule has 5 nitrogen and oxygen atoms in total. The number of rotatable bonds is 7. The third kappa shape index (κ3) is 4.03. The number of sulfonamides is 1. The van der Waals surface area contributed by atoms with Gasteiger partial charge in [-0.05, 0) is 25.1 Å². The molecular weight excluding hydrogens is 264 g/mol. The van der Waals surface area contributed by atoms with Crippen molar-refractivity contribution < 1.29 is 13.2 Å². The number of hydrogen-bond acceptors (Lipinski definition) is 4. The molecule has 1 aromatic rings. The van der Waals surface area contributed by atoms with Crippen molar-refractivity contribution in [2.24, 2.45) is 0 Å². The largest absolute Gasteiger partial charge is 0.380 e. The molecule has 0 aliphatic carbocycles. The van der Waals surface area contributed by atoms with Crippen molar-refractivity contribution >= 4 is 10.0 Å². The Morgan fingerprint density at radius 2 is 2.11 bits per heavy atom. The van der Waals surface area contributed by atoms with E-state index in [4.69, 9.17) is 10.00 Å². The van der Waals surface area contributed by atoms with Crippen molar-refractivity contribution in [3.05, 3.63) is 29.8 Å². The van der Waals surface area contributed by atoms with Crippen LogP contribution in [0.15, 0.2) is 29.2 Å². The molecule has 0 aromatic heterocycles. The second-order valence-electron chi connectivity index (χ2n) is 3.83. The zero-order valence-corrected chi connectivity index (χ0v) is 12.0. The van der Waals surface area contributed by atoms with Gasteiger partial charge >= 0.3 is 0 Å². The van der Waals surface area contributed by atoms with Gasteiger partial charge in [0.1, 0.15) is 0 Å². The minimum Gasteiger partial charge on any atom is -0.380 e. The molecule has 0 aliphatic rings. The predicted molar refractivity (Wildman–Crippen MR) is 72.1 cm³/mol. The fraction of sp³-hybridized carbons (Fsp3) is 0.462. The van der Waals surface area contributed by atoms with Crippen LogP contribution in [0.2, 0.25) is 0 Å². The lowest BCUT2D eigenvalue weighted by molar-refractivity contribution is 0.135. The molecular formula is C13H18N2O3S. The summed E-state index contributed by atoms with van der Waals surface area (Å²) in [6, 6.07) is 7.98. The van der Waals surface area contributed by atoms with Crippen LogP contribution in [0.1, 0.15) is 19.4 Å². The van der Waals surface area contributed by atoms with E-state index in [9.17, 15) is 8.42 Å². The summed E-state index contributed by atoms with van der Waals surface area (Å²) in [5, 5.41) is 8.82. The van der Waals surface area contributed by atoms with Crippen LogP contribution in [-0.2, 0) is 14.8 Å². The first-order chi connectivity index (χ1) is 9.06. The Kier molecular flexibility index (Phi) is 5.96. The molecule has 0 N–H and O–H groups in total. The summed E-state index contributed by atoms with van der Waals surface area (Å²) in [4.78, 5) is 0.143. The molecule has 0 unspecified atom stereocenters. The van der Waals surface area contributed by atoms with E-state index in [1.165, 1.54) is 16.4 Å². The van der Waals surface area contributed by atoms with Crippen molar-refractivity contribution in [1.82, 2.24) is 4.31 Å². The van der Waals surface area contributed by atoms with Gasteiger partial charge in [-0.2, -0.15) is 9.57 Å². The fourth-order valence-corrected chi connectivity index (χ4v) is 3.11. The number of nitrogens with zero attached hydrogens (tertiary/aromatic N) is 2. The van der Waals surface area contributed by atoms with Gasteiger partial charge in [-0.15, -0.1) is 0 Å². The first-order valence-electron chi connectivity index (χ1n) is 6.14. The summed E-state index contributed by atoms with van der Waals surface area (Å²) in [6.07, 6.45) is 0. The molecule has 0 aliphatic heterocycles. The van der Waals surface area contributed by atoms with E-state index < -0.39 is 10.0 Å². The van der Waals surface area contributed by atoms with Crippen LogP contribution in [0.4, 0.5) is 0 Å². The maximum Gasteiger partial charge on any atom is 0.243 e. The molecule has 0 bridgehead atoms. The van der Waals surface area contributed by atoms with Gasteiger partial charge in [0, 0.05) is 19.7 Å². The van der Waals surface area contributed by atoms with Gasteiger partial charge in [0.2, 0.25) is 10.0 Å². The first kappa shape index (κ1) is 15.6. The number of hydrogen-bond donors (Lipinski definition) is 0. The molecule has 0 atom stereocenters. The minimum atomic E-state index is -3.56. The number of likely N-dealkylation sites (N-methyl/N-ethyl adjacent to an activating group) is 1. The van der Waals surface area contributed by atoms with Crippen LogP contribution >= 0.6 is 0 Å². The van der Waals surface area contributed by atoms with Crippen LogP contribution in [-0.4, -0.2) is 39.0 Å². The fourth-order valence-electron chi connectivity index (χ4n) is 1.63. The summed E-state index contributed by atoms with van der Waals surface area (Å²) < 4.78 is 31.3. The molecule has 0 saturated carbocycles. The van der Waals surface area contributed by atoms with Crippen LogP contribution in [0.25, 0.3) is 0 Å². The van der Waals surface area contributed by atoms with Crippen molar-refractivity contribution in [3.63, 3.8) is 0 Å².